The van der Waals surface area contributed by atoms with Crippen LogP contribution in [0.25, 0.3) is 94.0 Å². The van der Waals surface area contributed by atoms with Gasteiger partial charge in [-0.05, 0) is 150 Å². The molecular weight excluding hydrogens is 1100 g/mol. The molecule has 1 aliphatic carbocycles. The van der Waals surface area contributed by atoms with E-state index in [2.05, 4.69) is 207 Å². The van der Waals surface area contributed by atoms with E-state index in [1.165, 1.54) is 97.6 Å². The molecule has 0 aliphatic heterocycles. The van der Waals surface area contributed by atoms with Crippen LogP contribution in [-0.2, 0) is 36.4 Å². The molecule has 0 unspecified atom stereocenters. The minimum Gasteiger partial charge on any atom is -0.501 e. The average molecular weight is 1160 g/mol. The molecule has 1 radical (unpaired) electrons. The van der Waals surface area contributed by atoms with E-state index < -0.39 is 0 Å². The Balaban J connectivity index is 0.000000304. The van der Waals surface area contributed by atoms with E-state index in [9.17, 15) is 4.39 Å². The zero-order chi connectivity index (χ0) is 51.8. The fourth-order valence-corrected chi connectivity index (χ4v) is 11.5. The van der Waals surface area contributed by atoms with Crippen LogP contribution >= 0.6 is 0 Å². The largest absolute Gasteiger partial charge is 0.501 e. The maximum Gasteiger partial charge on any atom is 0.121 e. The Morgan fingerprint density at radius 1 is 0.653 bits per heavy atom. The molecule has 4 nitrogen and oxygen atoms in total. The second-order valence-corrected chi connectivity index (χ2v) is 23.6. The van der Waals surface area contributed by atoms with Gasteiger partial charge in [-0.3, -0.25) is 9.37 Å². The van der Waals surface area contributed by atoms with Gasteiger partial charge in [-0.25, -0.2) is 0 Å². The monoisotopic (exact) mass is 1160 g/mol. The Bertz CT molecular complexity index is 3910. The summed E-state index contributed by atoms with van der Waals surface area (Å²) >= 11 is 0. The molecule has 6 heteroatoms. The summed E-state index contributed by atoms with van der Waals surface area (Å²) in [5.41, 5.74) is 17.2. The molecule has 0 amide bonds. The molecule has 75 heavy (non-hydrogen) atoms. The first-order chi connectivity index (χ1) is 35.4. The molecule has 0 N–H and O–H groups in total. The van der Waals surface area contributed by atoms with Crippen molar-refractivity contribution >= 4 is 54.5 Å². The third-order valence-electron chi connectivity index (χ3n) is 15.8. The number of halogens is 1. The van der Waals surface area contributed by atoms with E-state index >= 15 is 0 Å². The summed E-state index contributed by atoms with van der Waals surface area (Å²) in [6.45, 7) is 25.5. The standard InChI is InChI=1S/C54H51N2O.C15H15FN.Ir/c1-32(2)41-28-37(35-23-24-45-46(30-35)54(7,8)26-14-25-53(45,5)6)29-42(33(3)4)50(41)56-48-20-12-11-19-47(48)55-52(56)40-18-13-17-39-44-27-36-22-21-34-15-9-10-16-38(34)43(36)31-49(44)57-51(39)40;1-15(2,3)12-8-9-17-14(10-12)11-4-6-13(16)7-5-11;/h9-13,15-17,19-24,27-33H,14,25-26H2,1-8H3;4,6-10H,1-3H3;/q2*-1;. The molecule has 3 heterocycles. The molecule has 0 fully saturated rings. The Labute approximate surface area is 455 Å². The van der Waals surface area contributed by atoms with Gasteiger partial charge in [0.05, 0.1) is 22.4 Å². The maximum absolute atomic E-state index is 12.8. The molecule has 0 spiro atoms. The quantitative estimate of drug-likeness (QED) is 0.0947. The number of para-hydroxylation sites is 2. The first kappa shape index (κ1) is 51.8. The zero-order valence-electron chi connectivity index (χ0n) is 45.2. The minimum absolute atomic E-state index is 0. The molecule has 0 saturated heterocycles. The van der Waals surface area contributed by atoms with Crippen LogP contribution in [0.3, 0.4) is 0 Å². The average Bonchev–Trinajstić information content (AvgIpc) is 3.93. The van der Waals surface area contributed by atoms with Gasteiger partial charge in [-0.15, -0.1) is 48.0 Å². The number of fused-ring (bicyclic) bond motifs is 8. The molecule has 3 aromatic heterocycles. The van der Waals surface area contributed by atoms with Gasteiger partial charge in [0.25, 0.3) is 0 Å². The summed E-state index contributed by atoms with van der Waals surface area (Å²) < 4.78 is 22.1. The van der Waals surface area contributed by atoms with Gasteiger partial charge < -0.3 is 14.0 Å². The summed E-state index contributed by atoms with van der Waals surface area (Å²) in [4.78, 5) is 9.71. The fraction of sp³-hybridized carbons (Fsp3) is 0.275. The van der Waals surface area contributed by atoms with Gasteiger partial charge in [0.2, 0.25) is 0 Å². The maximum atomic E-state index is 12.8. The van der Waals surface area contributed by atoms with Gasteiger partial charge >= 0.3 is 0 Å². The smallest absolute Gasteiger partial charge is 0.121 e. The normalized spacial score (nSPS) is 14.3. The Hall–Kier alpha value is -6.72. The van der Waals surface area contributed by atoms with Crippen LogP contribution in [-0.4, -0.2) is 14.5 Å². The first-order valence-electron chi connectivity index (χ1n) is 26.5. The van der Waals surface area contributed by atoms with Crippen molar-refractivity contribution in [2.24, 2.45) is 0 Å². The van der Waals surface area contributed by atoms with Gasteiger partial charge in [0.1, 0.15) is 5.58 Å². The van der Waals surface area contributed by atoms with Crippen LogP contribution in [0.5, 0.6) is 0 Å². The topological polar surface area (TPSA) is 43.9 Å². The van der Waals surface area contributed by atoms with E-state index in [1.54, 1.807) is 12.3 Å². The van der Waals surface area contributed by atoms with Crippen molar-refractivity contribution in [1.82, 2.24) is 14.5 Å². The Morgan fingerprint density at radius 2 is 1.36 bits per heavy atom. The van der Waals surface area contributed by atoms with Crippen molar-refractivity contribution in [2.75, 3.05) is 0 Å². The number of hydrogen-bond acceptors (Lipinski definition) is 3. The van der Waals surface area contributed by atoms with Crippen LogP contribution in [0.1, 0.15) is 135 Å². The second-order valence-electron chi connectivity index (χ2n) is 23.6. The number of imidazole rings is 1. The number of benzene rings is 8. The molecule has 8 aromatic carbocycles. The second kappa shape index (κ2) is 19.8. The van der Waals surface area contributed by atoms with Crippen molar-refractivity contribution in [2.45, 2.75) is 124 Å². The molecule has 0 atom stereocenters. The molecule has 1 aliphatic rings. The van der Waals surface area contributed by atoms with Crippen LogP contribution in [0.15, 0.2) is 156 Å². The number of pyridine rings is 1. The minimum atomic E-state index is -0.277. The van der Waals surface area contributed by atoms with Gasteiger partial charge in [-0.1, -0.05) is 166 Å². The summed E-state index contributed by atoms with van der Waals surface area (Å²) in [5.74, 6) is 1.09. The van der Waals surface area contributed by atoms with Crippen LogP contribution in [0.2, 0.25) is 0 Å². The van der Waals surface area contributed by atoms with Crippen molar-refractivity contribution < 1.29 is 28.9 Å². The number of furan rings is 1. The van der Waals surface area contributed by atoms with Gasteiger partial charge in [0, 0.05) is 43.2 Å². The van der Waals surface area contributed by atoms with Crippen molar-refractivity contribution in [3.05, 3.63) is 198 Å². The van der Waals surface area contributed by atoms with Crippen molar-refractivity contribution in [3.8, 4) is 39.5 Å². The van der Waals surface area contributed by atoms with E-state index in [4.69, 9.17) is 9.40 Å². The van der Waals surface area contributed by atoms with E-state index in [-0.39, 0.29) is 54.0 Å². The molecule has 0 bridgehead atoms. The van der Waals surface area contributed by atoms with Crippen LogP contribution in [0.4, 0.5) is 4.39 Å². The summed E-state index contributed by atoms with van der Waals surface area (Å²) in [5, 5.41) is 7.04. The predicted octanol–water partition coefficient (Wildman–Crippen LogP) is 19.3. The van der Waals surface area contributed by atoms with Gasteiger partial charge in [-0.2, -0.15) is 0 Å². The predicted molar refractivity (Wildman–Crippen MR) is 308 cm³/mol. The molecule has 11 aromatic rings. The van der Waals surface area contributed by atoms with E-state index in [0.717, 1.165) is 55.6 Å². The molecular formula is C69H66FIrN3O-2. The van der Waals surface area contributed by atoms with Gasteiger partial charge in [0.15, 0.2) is 0 Å². The Morgan fingerprint density at radius 3 is 2.08 bits per heavy atom. The number of aromatic nitrogens is 3. The van der Waals surface area contributed by atoms with Crippen LogP contribution < -0.4 is 0 Å². The van der Waals surface area contributed by atoms with Crippen LogP contribution in [0, 0.1) is 17.9 Å². The zero-order valence-corrected chi connectivity index (χ0v) is 47.6. The molecule has 381 valence electrons. The fourth-order valence-electron chi connectivity index (χ4n) is 11.5. The van der Waals surface area contributed by atoms with Crippen molar-refractivity contribution in [3.63, 3.8) is 0 Å². The third-order valence-corrected chi connectivity index (χ3v) is 15.8. The first-order valence-corrected chi connectivity index (χ1v) is 26.5. The number of hydrogen-bond donors (Lipinski definition) is 0. The van der Waals surface area contributed by atoms with Crippen molar-refractivity contribution in [1.29, 1.82) is 0 Å². The number of rotatable bonds is 6. The Kier molecular flexibility index (Phi) is 13.6. The SMILES string of the molecule is CC(C)(C)c1ccnc(-c2[c-]cc(F)cc2)c1.CC(C)c1cc(-c2ccc3c(c2)C(C)(C)CCCC3(C)C)cc(C(C)C)c1-n1c(-c2[c-]ccc3c2oc2cc4c(ccc5ccccc54)cc23)nc2ccccc21.[Ir]. The van der Waals surface area contributed by atoms with E-state index in [0.29, 0.717) is 0 Å². The number of nitrogens with zero attached hydrogens (tertiary/aromatic N) is 3. The van der Waals surface area contributed by atoms with E-state index in [1.807, 2.05) is 18.2 Å². The summed E-state index contributed by atoms with van der Waals surface area (Å²) in [6, 6.07) is 57.5. The molecule has 0 saturated carbocycles. The summed E-state index contributed by atoms with van der Waals surface area (Å²) in [7, 11) is 0. The summed E-state index contributed by atoms with van der Waals surface area (Å²) in [6.07, 6.45) is 5.47. The third kappa shape index (κ3) is 9.55. The molecule has 12 rings (SSSR count).